The lowest BCUT2D eigenvalue weighted by Gasteiger charge is -2.08. The highest BCUT2D eigenvalue weighted by Gasteiger charge is 2.20. The van der Waals surface area contributed by atoms with Crippen molar-refractivity contribution in [1.82, 2.24) is 8.96 Å². The van der Waals surface area contributed by atoms with Gasteiger partial charge < -0.3 is 0 Å². The second-order valence-electron chi connectivity index (χ2n) is 4.23. The zero-order valence-corrected chi connectivity index (χ0v) is 11.3. The van der Waals surface area contributed by atoms with Gasteiger partial charge in [-0.15, -0.1) is 0 Å². The van der Waals surface area contributed by atoms with Crippen molar-refractivity contribution < 1.29 is 8.42 Å². The SMILES string of the molecule is Cc1ccccc1-c1nc(C)c(C)n1S(N)(=O)=O. The van der Waals surface area contributed by atoms with E-state index in [1.54, 1.807) is 13.8 Å². The first-order valence-corrected chi connectivity index (χ1v) is 6.98. The fourth-order valence-electron chi connectivity index (χ4n) is 1.90. The van der Waals surface area contributed by atoms with Gasteiger partial charge >= 0.3 is 10.2 Å². The summed E-state index contributed by atoms with van der Waals surface area (Å²) in [6, 6.07) is 7.47. The number of aryl methyl sites for hydroxylation is 2. The molecule has 2 N–H and O–H groups in total. The molecule has 0 spiro atoms. The lowest BCUT2D eigenvalue weighted by molar-refractivity contribution is 0.588. The van der Waals surface area contributed by atoms with Crippen LogP contribution in [0.1, 0.15) is 17.0 Å². The number of rotatable bonds is 2. The number of benzene rings is 1. The van der Waals surface area contributed by atoms with Gasteiger partial charge in [0.05, 0.1) is 11.4 Å². The van der Waals surface area contributed by atoms with Gasteiger partial charge in [-0.25, -0.2) is 14.1 Å². The molecule has 1 heterocycles. The molecule has 0 radical (unpaired) electrons. The highest BCUT2D eigenvalue weighted by molar-refractivity contribution is 7.87. The minimum Gasteiger partial charge on any atom is -0.232 e. The summed E-state index contributed by atoms with van der Waals surface area (Å²) in [5, 5.41) is 5.25. The van der Waals surface area contributed by atoms with E-state index >= 15 is 0 Å². The van der Waals surface area contributed by atoms with Crippen molar-refractivity contribution in [3.05, 3.63) is 41.2 Å². The van der Waals surface area contributed by atoms with Crippen LogP contribution >= 0.6 is 0 Å². The average molecular weight is 265 g/mol. The topological polar surface area (TPSA) is 78.0 Å². The Labute approximate surface area is 106 Å². The molecule has 0 aliphatic carbocycles. The molecule has 0 atom stereocenters. The van der Waals surface area contributed by atoms with Crippen molar-refractivity contribution in [2.75, 3.05) is 0 Å². The van der Waals surface area contributed by atoms with Crippen LogP contribution in [0.2, 0.25) is 0 Å². The average Bonchev–Trinajstić information content (AvgIpc) is 2.55. The summed E-state index contributed by atoms with van der Waals surface area (Å²) in [6.45, 7) is 5.36. The number of hydrogen-bond acceptors (Lipinski definition) is 3. The lowest BCUT2D eigenvalue weighted by Crippen LogP contribution is -2.23. The molecule has 5 nitrogen and oxygen atoms in total. The van der Waals surface area contributed by atoms with Crippen LogP contribution in [-0.4, -0.2) is 17.4 Å². The van der Waals surface area contributed by atoms with E-state index in [0.717, 1.165) is 15.1 Å². The van der Waals surface area contributed by atoms with Gasteiger partial charge in [0, 0.05) is 5.56 Å². The Morgan fingerprint density at radius 2 is 1.78 bits per heavy atom. The Bertz CT molecular complexity index is 702. The van der Waals surface area contributed by atoms with Crippen molar-refractivity contribution >= 4 is 10.2 Å². The van der Waals surface area contributed by atoms with Crippen LogP contribution in [0.25, 0.3) is 11.4 Å². The van der Waals surface area contributed by atoms with Crippen molar-refractivity contribution in [3.63, 3.8) is 0 Å². The molecule has 2 aromatic rings. The van der Waals surface area contributed by atoms with E-state index in [1.165, 1.54) is 0 Å². The molecule has 2 rings (SSSR count). The minimum atomic E-state index is -3.85. The maximum absolute atomic E-state index is 11.7. The zero-order chi connectivity index (χ0) is 13.5. The summed E-state index contributed by atoms with van der Waals surface area (Å²) in [7, 11) is -3.85. The summed E-state index contributed by atoms with van der Waals surface area (Å²) in [5.41, 5.74) is 2.91. The molecule has 0 bridgehead atoms. The fraction of sp³-hybridized carbons (Fsp3) is 0.250. The zero-order valence-electron chi connectivity index (χ0n) is 10.5. The molecule has 0 unspecified atom stereocenters. The predicted molar refractivity (Wildman–Crippen MR) is 70.4 cm³/mol. The largest absolute Gasteiger partial charge is 0.304 e. The first-order valence-electron chi connectivity index (χ1n) is 5.47. The van der Waals surface area contributed by atoms with Crippen molar-refractivity contribution in [2.24, 2.45) is 5.14 Å². The van der Waals surface area contributed by atoms with Gasteiger partial charge in [0.2, 0.25) is 0 Å². The van der Waals surface area contributed by atoms with Crippen LogP contribution in [0.4, 0.5) is 0 Å². The summed E-state index contributed by atoms with van der Waals surface area (Å²) in [4.78, 5) is 4.31. The number of hydrogen-bond donors (Lipinski definition) is 1. The Balaban J connectivity index is 2.82. The Morgan fingerprint density at radius 3 is 2.33 bits per heavy atom. The Kier molecular flexibility index (Phi) is 3.00. The number of nitrogens with zero attached hydrogens (tertiary/aromatic N) is 2. The number of imidazole rings is 1. The van der Waals surface area contributed by atoms with Gasteiger partial charge in [0.1, 0.15) is 0 Å². The molecule has 1 aromatic heterocycles. The quantitative estimate of drug-likeness (QED) is 0.894. The molecular formula is C12H15N3O2S. The van der Waals surface area contributed by atoms with Crippen molar-refractivity contribution in [1.29, 1.82) is 0 Å². The van der Waals surface area contributed by atoms with E-state index < -0.39 is 10.2 Å². The van der Waals surface area contributed by atoms with E-state index in [-0.39, 0.29) is 0 Å². The lowest BCUT2D eigenvalue weighted by atomic mass is 10.1. The van der Waals surface area contributed by atoms with Gasteiger partial charge in [0.25, 0.3) is 0 Å². The molecule has 6 heteroatoms. The molecule has 0 saturated carbocycles. The monoisotopic (exact) mass is 265 g/mol. The minimum absolute atomic E-state index is 0.366. The van der Waals surface area contributed by atoms with Gasteiger partial charge in [-0.3, -0.25) is 0 Å². The number of nitrogens with two attached hydrogens (primary N) is 1. The maximum Gasteiger partial charge on any atom is 0.304 e. The van der Waals surface area contributed by atoms with Gasteiger partial charge in [0.15, 0.2) is 5.82 Å². The smallest absolute Gasteiger partial charge is 0.232 e. The van der Waals surface area contributed by atoms with Gasteiger partial charge in [-0.05, 0) is 26.3 Å². The molecule has 0 saturated heterocycles. The van der Waals surface area contributed by atoms with Gasteiger partial charge in [-0.2, -0.15) is 8.42 Å². The fourth-order valence-corrected chi connectivity index (χ4v) is 2.79. The third-order valence-corrected chi connectivity index (χ3v) is 3.89. The predicted octanol–water partition coefficient (Wildman–Crippen LogP) is 1.53. The van der Waals surface area contributed by atoms with E-state index in [2.05, 4.69) is 4.98 Å². The van der Waals surface area contributed by atoms with E-state index in [4.69, 9.17) is 5.14 Å². The molecule has 1 aromatic carbocycles. The molecular weight excluding hydrogens is 250 g/mol. The van der Waals surface area contributed by atoms with E-state index in [0.29, 0.717) is 17.2 Å². The van der Waals surface area contributed by atoms with E-state index in [1.807, 2.05) is 31.2 Å². The standard InChI is InChI=1S/C12H15N3O2S/c1-8-6-4-5-7-11(8)12-14-9(2)10(3)15(12)18(13,16)17/h4-7H,1-3H3,(H2,13,16,17). The van der Waals surface area contributed by atoms with Crippen LogP contribution in [0.15, 0.2) is 24.3 Å². The van der Waals surface area contributed by atoms with Crippen LogP contribution in [-0.2, 0) is 10.2 Å². The van der Waals surface area contributed by atoms with Crippen LogP contribution in [0.5, 0.6) is 0 Å². The molecule has 0 aliphatic rings. The van der Waals surface area contributed by atoms with Crippen molar-refractivity contribution in [3.8, 4) is 11.4 Å². The summed E-state index contributed by atoms with van der Waals surface area (Å²) in [5.74, 6) is 0.366. The maximum atomic E-state index is 11.7. The van der Waals surface area contributed by atoms with E-state index in [9.17, 15) is 8.42 Å². The second kappa shape index (κ2) is 4.22. The Morgan fingerprint density at radius 1 is 1.17 bits per heavy atom. The van der Waals surface area contributed by atoms with Crippen LogP contribution in [0, 0.1) is 20.8 Å². The normalized spacial score (nSPS) is 11.8. The first kappa shape index (κ1) is 12.8. The molecule has 0 aliphatic heterocycles. The van der Waals surface area contributed by atoms with Crippen LogP contribution < -0.4 is 5.14 Å². The van der Waals surface area contributed by atoms with Gasteiger partial charge in [-0.1, -0.05) is 24.3 Å². The number of aromatic nitrogens is 2. The molecule has 18 heavy (non-hydrogen) atoms. The third kappa shape index (κ3) is 2.04. The summed E-state index contributed by atoms with van der Waals surface area (Å²) >= 11 is 0. The second-order valence-corrected chi connectivity index (χ2v) is 5.63. The highest BCUT2D eigenvalue weighted by atomic mass is 32.2. The van der Waals surface area contributed by atoms with Crippen LogP contribution in [0.3, 0.4) is 0 Å². The molecule has 0 amide bonds. The van der Waals surface area contributed by atoms with Crippen molar-refractivity contribution in [2.45, 2.75) is 20.8 Å². The summed E-state index contributed by atoms with van der Waals surface area (Å²) < 4.78 is 24.4. The summed E-state index contributed by atoms with van der Waals surface area (Å²) in [6.07, 6.45) is 0. The third-order valence-electron chi connectivity index (χ3n) is 2.93. The Hall–Kier alpha value is -1.66. The first-order chi connectivity index (χ1) is 8.32. The highest BCUT2D eigenvalue weighted by Crippen LogP contribution is 2.25. The molecule has 96 valence electrons. The molecule has 0 fully saturated rings.